The summed E-state index contributed by atoms with van der Waals surface area (Å²) in [5.41, 5.74) is 0.399. The number of nitrogens with zero attached hydrogens (tertiary/aromatic N) is 4. The molecule has 114 valence electrons. The highest BCUT2D eigenvalue weighted by atomic mass is 32.1. The van der Waals surface area contributed by atoms with Crippen molar-refractivity contribution in [2.75, 3.05) is 10.2 Å². The van der Waals surface area contributed by atoms with E-state index in [1.54, 1.807) is 6.92 Å². The van der Waals surface area contributed by atoms with E-state index in [9.17, 15) is 4.79 Å². The fraction of sp³-hybridized carbons (Fsp3) is 0.538. The van der Waals surface area contributed by atoms with Crippen molar-refractivity contribution in [1.29, 1.82) is 0 Å². The first-order chi connectivity index (χ1) is 9.90. The highest BCUT2D eigenvalue weighted by Crippen LogP contribution is 2.27. The van der Waals surface area contributed by atoms with Crippen LogP contribution < -0.4 is 10.2 Å². The predicted octanol–water partition coefficient (Wildman–Crippen LogP) is 2.71. The summed E-state index contributed by atoms with van der Waals surface area (Å²) in [5.74, 6) is 0.181. The van der Waals surface area contributed by atoms with Gasteiger partial charge in [0.05, 0.1) is 6.20 Å². The zero-order valence-corrected chi connectivity index (χ0v) is 13.6. The molecule has 2 rings (SSSR count). The molecule has 0 radical (unpaired) electrons. The van der Waals surface area contributed by atoms with Gasteiger partial charge in [0.2, 0.25) is 10.3 Å². The summed E-state index contributed by atoms with van der Waals surface area (Å²) in [7, 11) is 0. The Balaban J connectivity index is 2.13. The molecule has 1 amide bonds. The van der Waals surface area contributed by atoms with Crippen molar-refractivity contribution in [3.8, 4) is 0 Å². The third-order valence-corrected chi connectivity index (χ3v) is 3.82. The number of carbonyl (C=O) groups excluding carboxylic acids is 1. The number of hydrogen-bond acceptors (Lipinski definition) is 7. The van der Waals surface area contributed by atoms with Gasteiger partial charge in [-0.2, -0.15) is 0 Å². The maximum atomic E-state index is 12.1. The lowest BCUT2D eigenvalue weighted by Gasteiger charge is -2.29. The molecule has 0 aromatic carbocycles. The Bertz CT molecular complexity index is 612. The topological polar surface area (TPSA) is 84.2 Å². The standard InChI is InChI=1S/C13H19N5O2S/c1-7(2)18(8(3)4)13-17-16-12(21-13)15-11(19)10-6-14-20-9(10)5/h6-8H,1-5H3,(H,15,16,19). The fourth-order valence-electron chi connectivity index (χ4n) is 2.09. The number of amides is 1. The molecule has 0 saturated heterocycles. The van der Waals surface area contributed by atoms with Gasteiger partial charge in [-0.1, -0.05) is 16.5 Å². The summed E-state index contributed by atoms with van der Waals surface area (Å²) < 4.78 is 4.88. The number of nitrogens with one attached hydrogen (secondary N) is 1. The van der Waals surface area contributed by atoms with Crippen molar-refractivity contribution in [3.63, 3.8) is 0 Å². The van der Waals surface area contributed by atoms with Gasteiger partial charge in [0.25, 0.3) is 5.91 Å². The molecule has 0 bridgehead atoms. The van der Waals surface area contributed by atoms with Crippen LogP contribution in [-0.4, -0.2) is 33.3 Å². The molecule has 0 atom stereocenters. The van der Waals surface area contributed by atoms with Crippen molar-refractivity contribution >= 4 is 27.5 Å². The van der Waals surface area contributed by atoms with E-state index in [1.807, 2.05) is 0 Å². The Morgan fingerprint density at radius 2 is 1.95 bits per heavy atom. The second kappa shape index (κ2) is 6.21. The monoisotopic (exact) mass is 309 g/mol. The van der Waals surface area contributed by atoms with E-state index in [0.29, 0.717) is 28.5 Å². The average Bonchev–Trinajstić information content (AvgIpc) is 2.97. The van der Waals surface area contributed by atoms with Crippen molar-refractivity contribution in [2.24, 2.45) is 0 Å². The zero-order valence-electron chi connectivity index (χ0n) is 12.7. The van der Waals surface area contributed by atoms with E-state index >= 15 is 0 Å². The molecule has 0 unspecified atom stereocenters. The molecular weight excluding hydrogens is 290 g/mol. The number of hydrogen-bond donors (Lipinski definition) is 1. The molecule has 0 aliphatic carbocycles. The van der Waals surface area contributed by atoms with Gasteiger partial charge in [-0.15, -0.1) is 10.2 Å². The second-order valence-electron chi connectivity index (χ2n) is 5.23. The first kappa shape index (κ1) is 15.4. The minimum Gasteiger partial charge on any atom is -0.361 e. The lowest BCUT2D eigenvalue weighted by molar-refractivity contribution is 0.102. The van der Waals surface area contributed by atoms with Crippen LogP contribution in [0.5, 0.6) is 0 Å². The summed E-state index contributed by atoms with van der Waals surface area (Å²) in [4.78, 5) is 14.2. The summed E-state index contributed by atoms with van der Waals surface area (Å²) in [6.45, 7) is 10.1. The summed E-state index contributed by atoms with van der Waals surface area (Å²) in [6, 6.07) is 0.614. The maximum Gasteiger partial charge on any atom is 0.262 e. The van der Waals surface area contributed by atoms with Crippen LogP contribution in [0.4, 0.5) is 10.3 Å². The van der Waals surface area contributed by atoms with E-state index in [2.05, 4.69) is 53.3 Å². The number of aromatic nitrogens is 3. The summed E-state index contributed by atoms with van der Waals surface area (Å²) in [5, 5.41) is 15.7. The first-order valence-electron chi connectivity index (χ1n) is 6.74. The van der Waals surface area contributed by atoms with Gasteiger partial charge in [0.1, 0.15) is 11.3 Å². The van der Waals surface area contributed by atoms with Gasteiger partial charge in [-0.3, -0.25) is 10.1 Å². The van der Waals surface area contributed by atoms with Crippen LogP contribution in [0.1, 0.15) is 43.8 Å². The van der Waals surface area contributed by atoms with Gasteiger partial charge >= 0.3 is 0 Å². The maximum absolute atomic E-state index is 12.1. The lowest BCUT2D eigenvalue weighted by atomic mass is 10.2. The van der Waals surface area contributed by atoms with Gasteiger partial charge in [0.15, 0.2) is 0 Å². The van der Waals surface area contributed by atoms with Crippen molar-refractivity contribution in [2.45, 2.75) is 46.7 Å². The quantitative estimate of drug-likeness (QED) is 0.914. The largest absolute Gasteiger partial charge is 0.361 e. The molecule has 2 aromatic rings. The van der Waals surface area contributed by atoms with Gasteiger partial charge < -0.3 is 9.42 Å². The molecule has 1 N–H and O–H groups in total. The summed E-state index contributed by atoms with van der Waals surface area (Å²) in [6.07, 6.45) is 1.39. The highest BCUT2D eigenvalue weighted by Gasteiger charge is 2.20. The second-order valence-corrected chi connectivity index (χ2v) is 6.19. The Kier molecular flexibility index (Phi) is 4.56. The van der Waals surface area contributed by atoms with Gasteiger partial charge in [-0.05, 0) is 34.6 Å². The number of anilines is 2. The molecule has 0 fully saturated rings. The fourth-order valence-corrected chi connectivity index (χ4v) is 3.10. The molecule has 7 nitrogen and oxygen atoms in total. The number of carbonyl (C=O) groups is 1. The Labute approximate surface area is 127 Å². The molecule has 8 heteroatoms. The van der Waals surface area contributed by atoms with E-state index in [0.717, 1.165) is 5.13 Å². The highest BCUT2D eigenvalue weighted by molar-refractivity contribution is 7.19. The molecule has 2 heterocycles. The molecule has 21 heavy (non-hydrogen) atoms. The smallest absolute Gasteiger partial charge is 0.262 e. The third-order valence-electron chi connectivity index (χ3n) is 2.96. The Hall–Kier alpha value is -1.96. The zero-order chi connectivity index (χ0) is 15.6. The average molecular weight is 309 g/mol. The van der Waals surface area contributed by atoms with Crippen LogP contribution in [0.3, 0.4) is 0 Å². The first-order valence-corrected chi connectivity index (χ1v) is 7.56. The van der Waals surface area contributed by atoms with Crippen molar-refractivity contribution in [1.82, 2.24) is 15.4 Å². The molecule has 0 aliphatic heterocycles. The SMILES string of the molecule is Cc1oncc1C(=O)Nc1nnc(N(C(C)C)C(C)C)s1. The van der Waals surface area contributed by atoms with E-state index in [4.69, 9.17) is 4.52 Å². The predicted molar refractivity (Wildman–Crippen MR) is 81.9 cm³/mol. The van der Waals surface area contributed by atoms with Crippen molar-refractivity contribution < 1.29 is 9.32 Å². The normalized spacial score (nSPS) is 11.2. The third kappa shape index (κ3) is 3.38. The Morgan fingerprint density at radius 3 is 2.48 bits per heavy atom. The minimum absolute atomic E-state index is 0.294. The lowest BCUT2D eigenvalue weighted by Crippen LogP contribution is -2.36. The van der Waals surface area contributed by atoms with Crippen LogP contribution in [0, 0.1) is 6.92 Å². The molecular formula is C13H19N5O2S. The van der Waals surface area contributed by atoms with Crippen LogP contribution in [0.15, 0.2) is 10.7 Å². The minimum atomic E-state index is -0.294. The van der Waals surface area contributed by atoms with Crippen LogP contribution in [0.25, 0.3) is 0 Å². The van der Waals surface area contributed by atoms with E-state index < -0.39 is 0 Å². The van der Waals surface area contributed by atoms with Crippen LogP contribution in [-0.2, 0) is 0 Å². The van der Waals surface area contributed by atoms with Gasteiger partial charge in [0, 0.05) is 12.1 Å². The molecule has 2 aromatic heterocycles. The summed E-state index contributed by atoms with van der Waals surface area (Å²) >= 11 is 1.35. The number of aryl methyl sites for hydroxylation is 1. The molecule has 0 saturated carbocycles. The molecule has 0 spiro atoms. The molecule has 0 aliphatic rings. The van der Waals surface area contributed by atoms with E-state index in [-0.39, 0.29) is 5.91 Å². The van der Waals surface area contributed by atoms with Crippen molar-refractivity contribution in [3.05, 3.63) is 17.5 Å². The number of rotatable bonds is 5. The van der Waals surface area contributed by atoms with E-state index in [1.165, 1.54) is 17.5 Å². The van der Waals surface area contributed by atoms with Gasteiger partial charge in [-0.25, -0.2) is 0 Å². The van der Waals surface area contributed by atoms with Crippen LogP contribution in [0.2, 0.25) is 0 Å². The van der Waals surface area contributed by atoms with Crippen LogP contribution >= 0.6 is 11.3 Å². The Morgan fingerprint density at radius 1 is 1.29 bits per heavy atom.